The van der Waals surface area contributed by atoms with Gasteiger partial charge in [0.25, 0.3) is 5.91 Å². The zero-order chi connectivity index (χ0) is 22.4. The summed E-state index contributed by atoms with van der Waals surface area (Å²) in [6, 6.07) is 10.3. The standard InChI is InChI=1S/C21H22F3N3O4/c22-21(23,24)14-4-8-18(9-5-14)31-12-17(28)11-25-19(29)13-2-1-3-16(10-13)27-20(30)26-15-6-7-15/h1-5,8-10,15,17,28H,6-7,11-12H2,(H,25,29)(H2,26,27,30). The molecule has 3 rings (SSSR count). The van der Waals surface area contributed by atoms with Crippen molar-refractivity contribution < 1.29 is 32.6 Å². The van der Waals surface area contributed by atoms with Crippen LogP contribution >= 0.6 is 0 Å². The van der Waals surface area contributed by atoms with Gasteiger partial charge in [-0.3, -0.25) is 4.79 Å². The van der Waals surface area contributed by atoms with Crippen LogP contribution in [0.2, 0.25) is 0 Å². The first kappa shape index (κ1) is 22.4. The Kier molecular flexibility index (Phi) is 7.01. The first-order chi connectivity index (χ1) is 14.7. The molecule has 0 saturated heterocycles. The molecule has 0 aliphatic heterocycles. The van der Waals surface area contributed by atoms with Gasteiger partial charge in [0, 0.05) is 23.8 Å². The number of urea groups is 1. The zero-order valence-corrected chi connectivity index (χ0v) is 16.4. The van der Waals surface area contributed by atoms with E-state index in [1.807, 2.05) is 0 Å². The molecule has 0 aromatic heterocycles. The van der Waals surface area contributed by atoms with E-state index in [0.717, 1.165) is 37.1 Å². The molecule has 166 valence electrons. The molecule has 10 heteroatoms. The number of aliphatic hydroxyl groups is 1. The topological polar surface area (TPSA) is 99.7 Å². The molecule has 0 spiro atoms. The summed E-state index contributed by atoms with van der Waals surface area (Å²) in [6.45, 7) is -0.339. The molecule has 1 saturated carbocycles. The fourth-order valence-corrected chi connectivity index (χ4v) is 2.62. The molecule has 0 heterocycles. The second-order valence-electron chi connectivity index (χ2n) is 7.15. The quantitative estimate of drug-likeness (QED) is 0.510. The summed E-state index contributed by atoms with van der Waals surface area (Å²) >= 11 is 0. The molecule has 1 fully saturated rings. The Hall–Kier alpha value is -3.27. The predicted molar refractivity (Wildman–Crippen MR) is 107 cm³/mol. The number of nitrogens with one attached hydrogen (secondary N) is 3. The van der Waals surface area contributed by atoms with E-state index < -0.39 is 23.8 Å². The van der Waals surface area contributed by atoms with Crippen LogP contribution in [0.3, 0.4) is 0 Å². The van der Waals surface area contributed by atoms with Gasteiger partial charge in [-0.1, -0.05) is 6.07 Å². The van der Waals surface area contributed by atoms with Crippen molar-refractivity contribution in [3.63, 3.8) is 0 Å². The molecule has 1 unspecified atom stereocenters. The van der Waals surface area contributed by atoms with Crippen LogP contribution in [0.25, 0.3) is 0 Å². The lowest BCUT2D eigenvalue weighted by molar-refractivity contribution is -0.137. The van der Waals surface area contributed by atoms with Gasteiger partial charge >= 0.3 is 12.2 Å². The monoisotopic (exact) mass is 437 g/mol. The lowest BCUT2D eigenvalue weighted by Crippen LogP contribution is -2.35. The highest BCUT2D eigenvalue weighted by Gasteiger charge is 2.30. The second-order valence-corrected chi connectivity index (χ2v) is 7.15. The van der Waals surface area contributed by atoms with Crippen LogP contribution in [0.15, 0.2) is 48.5 Å². The minimum atomic E-state index is -4.43. The number of benzene rings is 2. The van der Waals surface area contributed by atoms with E-state index in [1.54, 1.807) is 18.2 Å². The smallest absolute Gasteiger partial charge is 0.416 e. The maximum Gasteiger partial charge on any atom is 0.416 e. The molecule has 0 radical (unpaired) electrons. The Morgan fingerprint density at radius 2 is 1.84 bits per heavy atom. The minimum absolute atomic E-state index is 0.126. The number of rotatable bonds is 8. The van der Waals surface area contributed by atoms with Gasteiger partial charge < -0.3 is 25.8 Å². The van der Waals surface area contributed by atoms with Gasteiger partial charge in [-0.25, -0.2) is 4.79 Å². The van der Waals surface area contributed by atoms with E-state index in [9.17, 15) is 27.9 Å². The summed E-state index contributed by atoms with van der Waals surface area (Å²) in [5.74, 6) is -0.290. The van der Waals surface area contributed by atoms with Gasteiger partial charge in [0.15, 0.2) is 0 Å². The van der Waals surface area contributed by atoms with Gasteiger partial charge in [-0.05, 0) is 55.3 Å². The third-order valence-electron chi connectivity index (χ3n) is 4.42. The fourth-order valence-electron chi connectivity index (χ4n) is 2.62. The Balaban J connectivity index is 1.43. The minimum Gasteiger partial charge on any atom is -0.491 e. The summed E-state index contributed by atoms with van der Waals surface area (Å²) in [4.78, 5) is 24.1. The van der Waals surface area contributed by atoms with E-state index in [4.69, 9.17) is 4.74 Å². The molecule has 2 aromatic carbocycles. The van der Waals surface area contributed by atoms with E-state index in [1.165, 1.54) is 6.07 Å². The summed E-state index contributed by atoms with van der Waals surface area (Å²) in [5.41, 5.74) is -0.0496. The van der Waals surface area contributed by atoms with Crippen molar-refractivity contribution in [2.24, 2.45) is 0 Å². The Labute approximate surface area is 176 Å². The van der Waals surface area contributed by atoms with Crippen LogP contribution < -0.4 is 20.7 Å². The van der Waals surface area contributed by atoms with E-state index in [0.29, 0.717) is 11.3 Å². The molecule has 7 nitrogen and oxygen atoms in total. The van der Waals surface area contributed by atoms with Gasteiger partial charge in [0.05, 0.1) is 5.56 Å². The van der Waals surface area contributed by atoms with Gasteiger partial charge in [-0.15, -0.1) is 0 Å². The maximum atomic E-state index is 12.5. The molecule has 1 aliphatic rings. The Bertz CT molecular complexity index is 915. The van der Waals surface area contributed by atoms with Crippen molar-refractivity contribution in [3.05, 3.63) is 59.7 Å². The highest BCUT2D eigenvalue weighted by atomic mass is 19.4. The SMILES string of the molecule is O=C(Nc1cccc(C(=O)NCC(O)COc2ccc(C(F)(F)F)cc2)c1)NC1CC1. The molecule has 1 atom stereocenters. The number of carbonyl (C=O) groups is 2. The van der Waals surface area contributed by atoms with Crippen molar-refractivity contribution in [2.75, 3.05) is 18.5 Å². The van der Waals surface area contributed by atoms with Crippen LogP contribution in [-0.4, -0.2) is 42.3 Å². The number of halogens is 3. The molecule has 1 aliphatic carbocycles. The third kappa shape index (κ3) is 7.18. The Morgan fingerprint density at radius 3 is 2.48 bits per heavy atom. The van der Waals surface area contributed by atoms with E-state index in [2.05, 4.69) is 16.0 Å². The first-order valence-corrected chi connectivity index (χ1v) is 9.64. The largest absolute Gasteiger partial charge is 0.491 e. The molecule has 2 aromatic rings. The fraction of sp³-hybridized carbons (Fsp3) is 0.333. The lowest BCUT2D eigenvalue weighted by Gasteiger charge is -2.14. The molecular formula is C21H22F3N3O4. The molecular weight excluding hydrogens is 415 g/mol. The molecule has 31 heavy (non-hydrogen) atoms. The van der Waals surface area contributed by atoms with Crippen LogP contribution in [0.5, 0.6) is 5.75 Å². The first-order valence-electron chi connectivity index (χ1n) is 9.64. The lowest BCUT2D eigenvalue weighted by atomic mass is 10.2. The summed E-state index contributed by atoms with van der Waals surface area (Å²) in [7, 11) is 0. The summed E-state index contributed by atoms with van der Waals surface area (Å²) in [6.07, 6.45) is -3.59. The highest BCUT2D eigenvalue weighted by Crippen LogP contribution is 2.30. The number of anilines is 1. The number of carbonyl (C=O) groups excluding carboxylic acids is 2. The number of hydrogen-bond donors (Lipinski definition) is 4. The predicted octanol–water partition coefficient (Wildman–Crippen LogP) is 3.16. The highest BCUT2D eigenvalue weighted by molar-refractivity contribution is 5.96. The van der Waals surface area contributed by atoms with Crippen LogP contribution in [-0.2, 0) is 6.18 Å². The Morgan fingerprint density at radius 1 is 1.13 bits per heavy atom. The van der Waals surface area contributed by atoms with Gasteiger partial charge in [-0.2, -0.15) is 13.2 Å². The summed E-state index contributed by atoms with van der Waals surface area (Å²) in [5, 5.41) is 17.9. The molecule has 4 N–H and O–H groups in total. The van der Waals surface area contributed by atoms with Crippen LogP contribution in [0, 0.1) is 0 Å². The van der Waals surface area contributed by atoms with Crippen molar-refractivity contribution >= 4 is 17.6 Å². The number of amides is 3. The third-order valence-corrected chi connectivity index (χ3v) is 4.42. The number of alkyl halides is 3. The number of aliphatic hydroxyl groups excluding tert-OH is 1. The average Bonchev–Trinajstić information content (AvgIpc) is 3.54. The van der Waals surface area contributed by atoms with Crippen molar-refractivity contribution in [1.29, 1.82) is 0 Å². The molecule has 0 bridgehead atoms. The van der Waals surface area contributed by atoms with Crippen molar-refractivity contribution in [3.8, 4) is 5.75 Å². The summed E-state index contributed by atoms with van der Waals surface area (Å²) < 4.78 is 42.9. The van der Waals surface area contributed by atoms with E-state index >= 15 is 0 Å². The maximum absolute atomic E-state index is 12.5. The van der Waals surface area contributed by atoms with Gasteiger partial charge in [0.1, 0.15) is 18.5 Å². The zero-order valence-electron chi connectivity index (χ0n) is 16.4. The average molecular weight is 437 g/mol. The van der Waals surface area contributed by atoms with E-state index in [-0.39, 0.29) is 31.0 Å². The normalized spacial score (nSPS) is 14.5. The molecule has 3 amide bonds. The second kappa shape index (κ2) is 9.69. The van der Waals surface area contributed by atoms with Crippen LogP contribution in [0.1, 0.15) is 28.8 Å². The van der Waals surface area contributed by atoms with Crippen molar-refractivity contribution in [2.45, 2.75) is 31.2 Å². The number of hydrogen-bond acceptors (Lipinski definition) is 4. The van der Waals surface area contributed by atoms with Crippen LogP contribution in [0.4, 0.5) is 23.7 Å². The van der Waals surface area contributed by atoms with Crippen molar-refractivity contribution in [1.82, 2.24) is 10.6 Å². The number of ether oxygens (including phenoxy) is 1. The van der Waals surface area contributed by atoms with Gasteiger partial charge in [0.2, 0.25) is 0 Å².